The van der Waals surface area contributed by atoms with Crippen LogP contribution in [0.2, 0.25) is 0 Å². The summed E-state index contributed by atoms with van der Waals surface area (Å²) in [5, 5.41) is 2.25. The van der Waals surface area contributed by atoms with E-state index in [2.05, 4.69) is 113 Å². The Morgan fingerprint density at radius 2 is 1.56 bits per heavy atom. The molecular weight excluding hydrogens is 515 g/mol. The van der Waals surface area contributed by atoms with Gasteiger partial charge in [-0.3, -0.25) is 0 Å². The smallest absolute Gasteiger partial charge is 0.347 e. The van der Waals surface area contributed by atoms with Gasteiger partial charge in [0, 0.05) is 29.3 Å². The Morgan fingerprint density at radius 1 is 0.902 bits per heavy atom. The predicted octanol–water partition coefficient (Wildman–Crippen LogP) is 10.1. The van der Waals surface area contributed by atoms with Crippen LogP contribution in [0.4, 0.5) is 18.9 Å². The van der Waals surface area contributed by atoms with Gasteiger partial charge < -0.3 is 4.90 Å². The Bertz CT molecular complexity index is 1670. The van der Waals surface area contributed by atoms with Gasteiger partial charge in [0.15, 0.2) is 0 Å². The zero-order valence-corrected chi connectivity index (χ0v) is 24.3. The highest BCUT2D eigenvalue weighted by Crippen LogP contribution is 2.47. The number of fused-ring (bicyclic) bond motifs is 2. The molecule has 1 atom stereocenters. The van der Waals surface area contributed by atoms with Crippen molar-refractivity contribution in [3.8, 4) is 0 Å². The van der Waals surface area contributed by atoms with Gasteiger partial charge in [-0.25, -0.2) is 0 Å². The topological polar surface area (TPSA) is 3.24 Å². The molecule has 0 aliphatic carbocycles. The minimum absolute atomic E-state index is 0.146. The van der Waals surface area contributed by atoms with Crippen LogP contribution < -0.4 is 4.90 Å². The lowest BCUT2D eigenvalue weighted by molar-refractivity contribution is -0.137. The van der Waals surface area contributed by atoms with E-state index < -0.39 is 17.2 Å². The van der Waals surface area contributed by atoms with Crippen LogP contribution >= 0.6 is 0 Å². The summed E-state index contributed by atoms with van der Waals surface area (Å²) in [6.45, 7) is 13.3. The minimum Gasteiger partial charge on any atom is -0.347 e. The second kappa shape index (κ2) is 10.4. The molecule has 210 valence electrons. The van der Waals surface area contributed by atoms with Crippen molar-refractivity contribution < 1.29 is 13.2 Å². The monoisotopic (exact) mass is 551 g/mol. The lowest BCUT2D eigenvalue weighted by Crippen LogP contribution is -2.28. The summed E-state index contributed by atoms with van der Waals surface area (Å²) in [5.41, 5.74) is 6.31. The van der Waals surface area contributed by atoms with Crippen molar-refractivity contribution in [1.29, 1.82) is 0 Å². The summed E-state index contributed by atoms with van der Waals surface area (Å²) in [7, 11) is 2.09. The van der Waals surface area contributed by atoms with Gasteiger partial charge in [0.05, 0.1) is 5.56 Å². The zero-order valence-electron chi connectivity index (χ0n) is 24.3. The average Bonchev–Trinajstić information content (AvgIpc) is 3.13. The molecule has 4 aromatic rings. The van der Waals surface area contributed by atoms with Crippen molar-refractivity contribution in [2.24, 2.45) is 0 Å². The number of rotatable bonds is 6. The summed E-state index contributed by atoms with van der Waals surface area (Å²) < 4.78 is 39.8. The van der Waals surface area contributed by atoms with Crippen LogP contribution in [-0.2, 0) is 23.4 Å². The van der Waals surface area contributed by atoms with Gasteiger partial charge >= 0.3 is 6.18 Å². The van der Waals surface area contributed by atoms with Gasteiger partial charge in [0.25, 0.3) is 0 Å². The Labute approximate surface area is 241 Å². The van der Waals surface area contributed by atoms with E-state index >= 15 is 0 Å². The number of para-hydroxylation sites is 1. The van der Waals surface area contributed by atoms with Crippen molar-refractivity contribution in [2.45, 2.75) is 51.1 Å². The number of benzene rings is 4. The van der Waals surface area contributed by atoms with Gasteiger partial charge in [0.2, 0.25) is 0 Å². The molecule has 0 bridgehead atoms. The Hall–Kier alpha value is -4.05. The van der Waals surface area contributed by atoms with Crippen LogP contribution in [0.15, 0.2) is 121 Å². The Balaban J connectivity index is 1.57. The van der Waals surface area contributed by atoms with Gasteiger partial charge in [-0.2, -0.15) is 13.2 Å². The maximum absolute atomic E-state index is 13.3. The third-order valence-electron chi connectivity index (χ3n) is 8.73. The number of nitrogens with zero attached hydrogens (tertiary/aromatic N) is 1. The van der Waals surface area contributed by atoms with E-state index in [-0.39, 0.29) is 5.41 Å². The van der Waals surface area contributed by atoms with Crippen LogP contribution in [-0.4, -0.2) is 7.05 Å². The number of halogens is 3. The fraction of sp³-hybridized carbons (Fsp3) is 0.243. The normalized spacial score (nSPS) is 17.3. The highest BCUT2D eigenvalue weighted by atomic mass is 19.4. The number of hydrogen-bond acceptors (Lipinski definition) is 1. The molecule has 0 radical (unpaired) electrons. The third kappa shape index (κ3) is 5.12. The van der Waals surface area contributed by atoms with E-state index in [1.807, 2.05) is 12.1 Å². The Kier molecular flexibility index (Phi) is 7.23. The molecule has 1 aliphatic rings. The molecule has 41 heavy (non-hydrogen) atoms. The molecule has 0 saturated carbocycles. The van der Waals surface area contributed by atoms with Gasteiger partial charge in [0.1, 0.15) is 0 Å². The van der Waals surface area contributed by atoms with Crippen LogP contribution in [0.3, 0.4) is 0 Å². The number of alkyl halides is 3. The lowest BCUT2D eigenvalue weighted by Gasteiger charge is -2.34. The summed E-state index contributed by atoms with van der Waals surface area (Å²) in [5.74, 6) is 0. The second-order valence-corrected chi connectivity index (χ2v) is 11.8. The van der Waals surface area contributed by atoms with Crippen LogP contribution in [0, 0.1) is 6.92 Å². The first kappa shape index (κ1) is 28.5. The standard InChI is InChI=1S/C37H36F3N/c1-25-18-21-28-13-7-8-14-30(28)34(25)36(5,24-27-19-22-29(23-20-27)37(38,39)40)26(2)12-11-17-33-35(3,4)31-15-9-10-16-32(31)41(33)6/h7-23H,2,24H2,1,3-6H3/b12-11+,33-17+. The minimum atomic E-state index is -4.37. The number of allylic oxidation sites excluding steroid dienone is 5. The fourth-order valence-corrected chi connectivity index (χ4v) is 6.44. The maximum atomic E-state index is 13.3. The van der Waals surface area contributed by atoms with Crippen LogP contribution in [0.1, 0.15) is 48.6 Å². The first-order chi connectivity index (χ1) is 19.3. The SMILES string of the molecule is C=C(/C=C/C=C1/N(C)c2ccccc2C1(C)C)C(C)(Cc1ccc(C(F)(F)F)cc1)c1c(C)ccc2ccccc12. The molecule has 4 aromatic carbocycles. The highest BCUT2D eigenvalue weighted by Gasteiger charge is 2.38. The molecule has 0 spiro atoms. The van der Waals surface area contributed by atoms with Crippen LogP contribution in [0.25, 0.3) is 10.8 Å². The largest absolute Gasteiger partial charge is 0.416 e. The van der Waals surface area contributed by atoms with Crippen molar-refractivity contribution in [3.63, 3.8) is 0 Å². The van der Waals surface area contributed by atoms with Gasteiger partial charge in [-0.05, 0) is 76.2 Å². The number of aryl methyl sites for hydroxylation is 1. The second-order valence-electron chi connectivity index (χ2n) is 11.8. The maximum Gasteiger partial charge on any atom is 0.416 e. The van der Waals surface area contributed by atoms with Gasteiger partial charge in [-0.1, -0.05) is 106 Å². The molecule has 4 heteroatoms. The van der Waals surface area contributed by atoms with E-state index in [0.717, 1.165) is 33.0 Å². The summed E-state index contributed by atoms with van der Waals surface area (Å²) in [6.07, 6.45) is 2.42. The third-order valence-corrected chi connectivity index (χ3v) is 8.73. The molecule has 1 aliphatic heterocycles. The van der Waals surface area contributed by atoms with E-state index in [9.17, 15) is 13.2 Å². The van der Waals surface area contributed by atoms with Crippen molar-refractivity contribution >= 4 is 16.5 Å². The highest BCUT2D eigenvalue weighted by molar-refractivity contribution is 5.88. The van der Waals surface area contributed by atoms with Crippen molar-refractivity contribution in [2.75, 3.05) is 11.9 Å². The quantitative estimate of drug-likeness (QED) is 0.216. The molecule has 1 nitrogen and oxygen atoms in total. The number of likely N-dealkylation sites (N-methyl/N-ethyl adjacent to an activating group) is 1. The molecule has 0 N–H and O–H groups in total. The number of anilines is 1. The first-order valence-electron chi connectivity index (χ1n) is 13.9. The van der Waals surface area contributed by atoms with E-state index in [0.29, 0.717) is 6.42 Å². The molecule has 1 heterocycles. The van der Waals surface area contributed by atoms with E-state index in [4.69, 9.17) is 0 Å². The average molecular weight is 552 g/mol. The van der Waals surface area contributed by atoms with Crippen LogP contribution in [0.5, 0.6) is 0 Å². The molecule has 0 fully saturated rings. The molecular formula is C37H36F3N. The van der Waals surface area contributed by atoms with Crippen molar-refractivity contribution in [3.05, 3.63) is 149 Å². The molecule has 5 rings (SSSR count). The predicted molar refractivity (Wildman–Crippen MR) is 165 cm³/mol. The van der Waals surface area contributed by atoms with E-state index in [1.54, 1.807) is 12.1 Å². The molecule has 0 saturated heterocycles. The summed E-state index contributed by atoms with van der Waals surface area (Å²) in [4.78, 5) is 2.23. The zero-order chi connectivity index (χ0) is 29.6. The van der Waals surface area contributed by atoms with E-state index in [1.165, 1.54) is 29.1 Å². The first-order valence-corrected chi connectivity index (χ1v) is 13.9. The summed E-state index contributed by atoms with van der Waals surface area (Å²) >= 11 is 0. The lowest BCUT2D eigenvalue weighted by atomic mass is 9.69. The fourth-order valence-electron chi connectivity index (χ4n) is 6.44. The Morgan fingerprint density at radius 3 is 2.24 bits per heavy atom. The molecule has 1 unspecified atom stereocenters. The molecule has 0 aromatic heterocycles. The molecule has 0 amide bonds. The summed E-state index contributed by atoms with van der Waals surface area (Å²) in [6, 6.07) is 26.5. The number of hydrogen-bond donors (Lipinski definition) is 0. The van der Waals surface area contributed by atoms with Crippen molar-refractivity contribution in [1.82, 2.24) is 0 Å². The van der Waals surface area contributed by atoms with Gasteiger partial charge in [-0.15, -0.1) is 0 Å².